The summed E-state index contributed by atoms with van der Waals surface area (Å²) in [5, 5.41) is 3.01. The van der Waals surface area contributed by atoms with E-state index >= 15 is 0 Å². The molecule has 3 atom stereocenters. The van der Waals surface area contributed by atoms with Crippen LogP contribution in [-0.2, 0) is 27.9 Å². The molecule has 0 bridgehead atoms. The van der Waals surface area contributed by atoms with Crippen LogP contribution in [0.15, 0.2) is 60.8 Å². The van der Waals surface area contributed by atoms with E-state index in [1.807, 2.05) is 33.3 Å². The highest BCUT2D eigenvalue weighted by Crippen LogP contribution is 2.38. The number of likely N-dealkylation sites (N-methyl/N-ethyl adjacent to an activating group) is 1. The summed E-state index contributed by atoms with van der Waals surface area (Å²) >= 11 is 0. The van der Waals surface area contributed by atoms with Crippen LogP contribution >= 0.6 is 7.82 Å². The summed E-state index contributed by atoms with van der Waals surface area (Å²) in [7, 11) is 1.17. The first-order valence-electron chi connectivity index (χ1n) is 30.1. The van der Waals surface area contributed by atoms with Gasteiger partial charge < -0.3 is 28.5 Å². The lowest BCUT2D eigenvalue weighted by Gasteiger charge is -2.30. The lowest BCUT2D eigenvalue weighted by atomic mass is 10.0. The summed E-state index contributed by atoms with van der Waals surface area (Å²) < 4.78 is 30.3. The topological polar surface area (TPSA) is 114 Å². The Morgan fingerprint density at radius 1 is 0.500 bits per heavy atom. The van der Waals surface area contributed by atoms with Gasteiger partial charge in [-0.05, 0) is 89.5 Å². The molecule has 10 heteroatoms. The van der Waals surface area contributed by atoms with Gasteiger partial charge in [-0.15, -0.1) is 0 Å². The van der Waals surface area contributed by atoms with Gasteiger partial charge in [-0.25, -0.2) is 0 Å². The van der Waals surface area contributed by atoms with E-state index in [1.54, 1.807) is 0 Å². The number of allylic oxidation sites excluding steroid dienone is 9. The standard InChI is InChI=1S/C62H115N2O7P/c1-7-10-13-16-19-22-25-28-30-31-32-33-34-37-40-43-46-49-52-55-62(66)71-60(53-50-47-44-41-38-35-27-24-21-18-15-12-9-3)59(58-70-72(67,68)69-57-56-64(4,5)6)63-61(65)54-51-48-45-42-39-36-29-26-23-20-17-14-11-8-2/h11,14,20,23,28-30,36,50,53,59-60H,7-10,12-13,15-19,21-22,24-27,31-35,37-49,51-52,54-58H2,1-6H3,(H-,63,65,67,68)/b14-11+,23-20+,30-28+,36-29+,53-50+. The zero-order chi connectivity index (χ0) is 52.9. The van der Waals surface area contributed by atoms with Crippen LogP contribution in [0.2, 0.25) is 0 Å². The van der Waals surface area contributed by atoms with E-state index in [0.717, 1.165) is 83.5 Å². The van der Waals surface area contributed by atoms with Gasteiger partial charge in [-0.3, -0.25) is 14.2 Å². The van der Waals surface area contributed by atoms with Gasteiger partial charge in [0.2, 0.25) is 5.91 Å². The monoisotopic (exact) mass is 1030 g/mol. The Balaban J connectivity index is 5.32. The van der Waals surface area contributed by atoms with Crippen molar-refractivity contribution in [3.8, 4) is 0 Å². The van der Waals surface area contributed by atoms with Crippen LogP contribution in [0.4, 0.5) is 0 Å². The average molecular weight is 1030 g/mol. The first-order valence-corrected chi connectivity index (χ1v) is 31.6. The maximum atomic E-state index is 13.5. The van der Waals surface area contributed by atoms with Crippen molar-refractivity contribution < 1.29 is 37.3 Å². The average Bonchev–Trinajstić information content (AvgIpc) is 3.34. The smallest absolute Gasteiger partial charge is 0.306 e. The number of nitrogens with zero attached hydrogens (tertiary/aromatic N) is 1. The Kier molecular flexibility index (Phi) is 50.5. The van der Waals surface area contributed by atoms with Crippen LogP contribution in [0, 0.1) is 0 Å². The highest BCUT2D eigenvalue weighted by molar-refractivity contribution is 7.45. The molecule has 9 nitrogen and oxygen atoms in total. The quantitative estimate of drug-likeness (QED) is 0.0212. The van der Waals surface area contributed by atoms with Crippen molar-refractivity contribution in [2.24, 2.45) is 0 Å². The normalized spacial score (nSPS) is 14.2. The molecule has 0 aromatic rings. The van der Waals surface area contributed by atoms with Gasteiger partial charge in [-0.2, -0.15) is 0 Å². The molecule has 0 saturated heterocycles. The molecule has 0 radical (unpaired) electrons. The Morgan fingerprint density at radius 3 is 1.35 bits per heavy atom. The maximum Gasteiger partial charge on any atom is 0.306 e. The molecule has 0 fully saturated rings. The third-order valence-electron chi connectivity index (χ3n) is 13.2. The number of hydrogen-bond acceptors (Lipinski definition) is 7. The zero-order valence-corrected chi connectivity index (χ0v) is 48.8. The van der Waals surface area contributed by atoms with E-state index in [0.29, 0.717) is 23.9 Å². The van der Waals surface area contributed by atoms with Crippen LogP contribution in [0.25, 0.3) is 0 Å². The van der Waals surface area contributed by atoms with Gasteiger partial charge in [0.1, 0.15) is 19.3 Å². The van der Waals surface area contributed by atoms with Crippen molar-refractivity contribution in [2.75, 3.05) is 40.9 Å². The summed E-state index contributed by atoms with van der Waals surface area (Å²) in [6.45, 7) is 6.72. The van der Waals surface area contributed by atoms with Gasteiger partial charge in [0.25, 0.3) is 7.82 Å². The van der Waals surface area contributed by atoms with Crippen molar-refractivity contribution >= 4 is 19.7 Å². The molecule has 1 N–H and O–H groups in total. The van der Waals surface area contributed by atoms with E-state index < -0.39 is 26.6 Å². The number of amides is 1. The van der Waals surface area contributed by atoms with E-state index in [-0.39, 0.29) is 24.9 Å². The number of rotatable bonds is 54. The molecule has 0 heterocycles. The molecule has 0 saturated carbocycles. The molecule has 0 aliphatic heterocycles. The number of carbonyl (C=O) groups excluding carboxylic acids is 2. The number of hydrogen-bond donors (Lipinski definition) is 1. The van der Waals surface area contributed by atoms with Crippen LogP contribution in [0.3, 0.4) is 0 Å². The van der Waals surface area contributed by atoms with Crippen molar-refractivity contribution in [3.05, 3.63) is 60.8 Å². The molecule has 0 aliphatic carbocycles. The number of esters is 1. The van der Waals surface area contributed by atoms with E-state index in [9.17, 15) is 19.0 Å². The molecule has 1 amide bonds. The molecule has 72 heavy (non-hydrogen) atoms. The summed E-state index contributed by atoms with van der Waals surface area (Å²) in [6, 6.07) is -0.901. The molecule has 0 aromatic heterocycles. The molecular weight excluding hydrogens is 916 g/mol. The molecule has 3 unspecified atom stereocenters. The van der Waals surface area contributed by atoms with Crippen molar-refractivity contribution in [2.45, 2.75) is 283 Å². The summed E-state index contributed by atoms with van der Waals surface area (Å²) in [5.41, 5.74) is 0. The Morgan fingerprint density at radius 2 is 0.889 bits per heavy atom. The number of phosphoric acid groups is 1. The number of unbranched alkanes of at least 4 members (excludes halogenated alkanes) is 30. The van der Waals surface area contributed by atoms with Crippen LogP contribution < -0.4 is 10.2 Å². The maximum absolute atomic E-state index is 13.5. The van der Waals surface area contributed by atoms with Crippen LogP contribution in [-0.4, -0.2) is 69.4 Å². The second kappa shape index (κ2) is 52.2. The molecular formula is C62H115N2O7P. The van der Waals surface area contributed by atoms with Crippen molar-refractivity contribution in [3.63, 3.8) is 0 Å². The molecule has 0 aromatic carbocycles. The fourth-order valence-corrected chi connectivity index (χ4v) is 9.25. The number of phosphoric ester groups is 1. The summed E-state index contributed by atoms with van der Waals surface area (Å²) in [5.74, 6) is -0.565. The zero-order valence-electron chi connectivity index (χ0n) is 47.9. The number of ether oxygens (including phenoxy) is 1. The predicted molar refractivity (Wildman–Crippen MR) is 307 cm³/mol. The van der Waals surface area contributed by atoms with Gasteiger partial charge in [0, 0.05) is 12.8 Å². The Hall–Kier alpha value is -2.29. The van der Waals surface area contributed by atoms with Crippen molar-refractivity contribution in [1.29, 1.82) is 0 Å². The third kappa shape index (κ3) is 52.6. The first-order chi connectivity index (χ1) is 34.9. The fourth-order valence-electron chi connectivity index (χ4n) is 8.53. The SMILES string of the molecule is CC/C=C/C/C=C/C/C=C/CCCCCCC(=O)NC(COP(=O)([O-])OCC[N+](C)(C)C)C(/C=C/CCCCCCCCCCCCC)OC(=O)CCCCCCCCCCC/C=C/CCCCCCCC. The molecule has 0 aliphatic rings. The minimum absolute atomic E-state index is 0.0282. The lowest BCUT2D eigenvalue weighted by molar-refractivity contribution is -0.870. The molecule has 0 rings (SSSR count). The third-order valence-corrected chi connectivity index (χ3v) is 14.1. The Bertz CT molecular complexity index is 1420. The van der Waals surface area contributed by atoms with Crippen LogP contribution in [0.1, 0.15) is 271 Å². The number of quaternary nitrogens is 1. The fraction of sp³-hybridized carbons (Fsp3) is 0.806. The number of nitrogens with one attached hydrogen (secondary N) is 1. The molecule has 420 valence electrons. The lowest BCUT2D eigenvalue weighted by Crippen LogP contribution is -2.47. The van der Waals surface area contributed by atoms with Gasteiger partial charge in [0.15, 0.2) is 0 Å². The second-order valence-electron chi connectivity index (χ2n) is 21.5. The summed E-state index contributed by atoms with van der Waals surface area (Å²) in [4.78, 5) is 39.9. The van der Waals surface area contributed by atoms with E-state index in [2.05, 4.69) is 74.7 Å². The van der Waals surface area contributed by atoms with Gasteiger partial charge >= 0.3 is 5.97 Å². The number of carbonyl (C=O) groups is 2. The summed E-state index contributed by atoms with van der Waals surface area (Å²) in [6.07, 6.45) is 64.7. The van der Waals surface area contributed by atoms with Crippen LogP contribution in [0.5, 0.6) is 0 Å². The van der Waals surface area contributed by atoms with Gasteiger partial charge in [0.05, 0.1) is 33.8 Å². The highest BCUT2D eigenvalue weighted by Gasteiger charge is 2.27. The van der Waals surface area contributed by atoms with Gasteiger partial charge in [-0.1, -0.05) is 230 Å². The Labute approximate surface area is 445 Å². The minimum atomic E-state index is -4.70. The largest absolute Gasteiger partial charge is 0.756 e. The van der Waals surface area contributed by atoms with E-state index in [1.165, 1.54) is 148 Å². The van der Waals surface area contributed by atoms with E-state index in [4.69, 9.17) is 13.8 Å². The van der Waals surface area contributed by atoms with Crippen molar-refractivity contribution in [1.82, 2.24) is 5.32 Å². The highest BCUT2D eigenvalue weighted by atomic mass is 31.2. The second-order valence-corrected chi connectivity index (χ2v) is 22.9. The first kappa shape index (κ1) is 69.7. The minimum Gasteiger partial charge on any atom is -0.756 e. The molecule has 0 spiro atoms. The predicted octanol–water partition coefficient (Wildman–Crippen LogP) is 17.6.